The minimum atomic E-state index is -2.90. The molecule has 4 rings (SSSR count). The molecule has 1 aromatic carbocycles. The summed E-state index contributed by atoms with van der Waals surface area (Å²) in [5, 5.41) is 15.6. The van der Waals surface area contributed by atoms with Crippen LogP contribution < -0.4 is 5.32 Å². The molecular weight excluding hydrogens is 345 g/mol. The average Bonchev–Trinajstić information content (AvgIpc) is 3.16. The van der Waals surface area contributed by atoms with Crippen molar-refractivity contribution in [2.45, 2.75) is 6.42 Å². The van der Waals surface area contributed by atoms with Crippen molar-refractivity contribution in [1.29, 1.82) is 0 Å². The Bertz CT molecular complexity index is 1030. The maximum atomic E-state index is 14.0. The van der Waals surface area contributed by atoms with Gasteiger partial charge >= 0.3 is 0 Å². The van der Waals surface area contributed by atoms with Gasteiger partial charge in [0.05, 0.1) is 17.1 Å². The molecule has 1 aliphatic heterocycles. The molecule has 25 heavy (non-hydrogen) atoms. The minimum absolute atomic E-state index is 0.0782. The lowest BCUT2D eigenvalue weighted by Gasteiger charge is -2.10. The molecule has 1 atom stereocenters. The van der Waals surface area contributed by atoms with Crippen LogP contribution in [0.2, 0.25) is 0 Å². The van der Waals surface area contributed by atoms with Crippen LogP contribution in [0.25, 0.3) is 17.0 Å². The number of anilines is 1. The summed E-state index contributed by atoms with van der Waals surface area (Å²) >= 11 is 0. The van der Waals surface area contributed by atoms with Crippen molar-refractivity contribution >= 4 is 21.3 Å². The first-order valence-electron chi connectivity index (χ1n) is 7.93. The van der Waals surface area contributed by atoms with Gasteiger partial charge in [0, 0.05) is 6.54 Å². The van der Waals surface area contributed by atoms with Crippen molar-refractivity contribution in [2.75, 3.05) is 23.4 Å². The SMILES string of the molecule is O=S1(=O)CCC(CNc2ccc3nnc(-c4ccccc4F)n3n2)C1. The van der Waals surface area contributed by atoms with Gasteiger partial charge in [-0.2, -0.15) is 4.52 Å². The Balaban J connectivity index is 1.60. The molecule has 3 heterocycles. The molecule has 0 amide bonds. The highest BCUT2D eigenvalue weighted by Crippen LogP contribution is 2.22. The van der Waals surface area contributed by atoms with E-state index in [0.29, 0.717) is 35.8 Å². The number of rotatable bonds is 4. The van der Waals surface area contributed by atoms with E-state index in [1.54, 1.807) is 30.3 Å². The average molecular weight is 361 g/mol. The third-order valence-corrected chi connectivity index (χ3v) is 6.11. The molecule has 130 valence electrons. The molecule has 1 fully saturated rings. The van der Waals surface area contributed by atoms with Crippen molar-refractivity contribution in [3.8, 4) is 11.4 Å². The van der Waals surface area contributed by atoms with Gasteiger partial charge in [0.1, 0.15) is 11.6 Å². The van der Waals surface area contributed by atoms with Crippen LogP contribution in [0.4, 0.5) is 10.2 Å². The Hall–Kier alpha value is -2.55. The summed E-state index contributed by atoms with van der Waals surface area (Å²) in [5.74, 6) is 1.02. The first-order chi connectivity index (χ1) is 12.0. The van der Waals surface area contributed by atoms with Crippen LogP contribution in [0.3, 0.4) is 0 Å². The van der Waals surface area contributed by atoms with E-state index in [1.807, 2.05) is 0 Å². The Kier molecular flexibility index (Phi) is 3.87. The second-order valence-electron chi connectivity index (χ2n) is 6.14. The largest absolute Gasteiger partial charge is 0.368 e. The van der Waals surface area contributed by atoms with E-state index in [9.17, 15) is 12.8 Å². The maximum Gasteiger partial charge on any atom is 0.188 e. The van der Waals surface area contributed by atoms with Gasteiger partial charge < -0.3 is 5.32 Å². The summed E-state index contributed by atoms with van der Waals surface area (Å²) in [6.07, 6.45) is 0.657. The summed E-state index contributed by atoms with van der Waals surface area (Å²) < 4.78 is 38.6. The molecule has 3 aromatic rings. The van der Waals surface area contributed by atoms with Crippen molar-refractivity contribution in [2.24, 2.45) is 5.92 Å². The molecule has 0 saturated carbocycles. The summed E-state index contributed by atoms with van der Waals surface area (Å²) in [6, 6.07) is 9.80. The molecule has 1 N–H and O–H groups in total. The highest BCUT2D eigenvalue weighted by atomic mass is 32.2. The molecule has 1 aliphatic rings. The minimum Gasteiger partial charge on any atom is -0.368 e. The number of benzene rings is 1. The monoisotopic (exact) mass is 361 g/mol. The van der Waals surface area contributed by atoms with Crippen LogP contribution in [-0.2, 0) is 9.84 Å². The third kappa shape index (κ3) is 3.19. The van der Waals surface area contributed by atoms with Crippen molar-refractivity contribution in [1.82, 2.24) is 19.8 Å². The lowest BCUT2D eigenvalue weighted by molar-refractivity contribution is 0.595. The van der Waals surface area contributed by atoms with Crippen LogP contribution in [0.15, 0.2) is 36.4 Å². The molecule has 0 aliphatic carbocycles. The van der Waals surface area contributed by atoms with Crippen LogP contribution >= 0.6 is 0 Å². The Morgan fingerprint density at radius 2 is 2.04 bits per heavy atom. The summed E-state index contributed by atoms with van der Waals surface area (Å²) in [5.41, 5.74) is 0.828. The number of fused-ring (bicyclic) bond motifs is 1. The number of aromatic nitrogens is 4. The number of sulfone groups is 1. The lowest BCUT2D eigenvalue weighted by atomic mass is 10.1. The molecule has 2 aromatic heterocycles. The number of nitrogens with zero attached hydrogens (tertiary/aromatic N) is 4. The van der Waals surface area contributed by atoms with Gasteiger partial charge in [0.25, 0.3) is 0 Å². The van der Waals surface area contributed by atoms with Gasteiger partial charge in [0.15, 0.2) is 21.3 Å². The van der Waals surface area contributed by atoms with Gasteiger partial charge in [0.2, 0.25) is 0 Å². The number of nitrogens with one attached hydrogen (secondary N) is 1. The summed E-state index contributed by atoms with van der Waals surface area (Å²) in [4.78, 5) is 0. The molecular formula is C16H16FN5O2S. The smallest absolute Gasteiger partial charge is 0.188 e. The predicted molar refractivity (Wildman–Crippen MR) is 91.4 cm³/mol. The number of hydrogen-bond acceptors (Lipinski definition) is 6. The fraction of sp³-hybridized carbons (Fsp3) is 0.312. The standard InChI is InChI=1S/C16H16FN5O2S/c17-13-4-2-1-3-12(13)16-20-19-15-6-5-14(21-22(15)16)18-9-11-7-8-25(23,24)10-11/h1-6,11H,7-10H2,(H,18,21). The topological polar surface area (TPSA) is 89.2 Å². The predicted octanol–water partition coefficient (Wildman–Crippen LogP) is 1.78. The zero-order chi connectivity index (χ0) is 17.4. The normalized spacial score (nSPS) is 19.3. The zero-order valence-corrected chi connectivity index (χ0v) is 14.1. The number of hydrogen-bond donors (Lipinski definition) is 1. The van der Waals surface area contributed by atoms with Crippen LogP contribution in [0.1, 0.15) is 6.42 Å². The Morgan fingerprint density at radius 3 is 2.80 bits per heavy atom. The van der Waals surface area contributed by atoms with Crippen molar-refractivity contribution in [3.63, 3.8) is 0 Å². The quantitative estimate of drug-likeness (QED) is 0.762. The van der Waals surface area contributed by atoms with E-state index >= 15 is 0 Å². The second kappa shape index (κ2) is 6.07. The van der Waals surface area contributed by atoms with E-state index in [1.165, 1.54) is 10.6 Å². The van der Waals surface area contributed by atoms with Crippen LogP contribution in [0.5, 0.6) is 0 Å². The maximum absolute atomic E-state index is 14.0. The molecule has 1 saturated heterocycles. The van der Waals surface area contributed by atoms with E-state index < -0.39 is 15.7 Å². The van der Waals surface area contributed by atoms with E-state index in [2.05, 4.69) is 20.6 Å². The van der Waals surface area contributed by atoms with Gasteiger partial charge in [-0.15, -0.1) is 15.3 Å². The van der Waals surface area contributed by atoms with Crippen LogP contribution in [0, 0.1) is 11.7 Å². The summed E-state index contributed by atoms with van der Waals surface area (Å²) in [6.45, 7) is 0.523. The molecule has 0 radical (unpaired) electrons. The third-order valence-electron chi connectivity index (χ3n) is 4.28. The van der Waals surface area contributed by atoms with E-state index in [-0.39, 0.29) is 17.4 Å². The first-order valence-corrected chi connectivity index (χ1v) is 9.76. The number of halogens is 1. The first kappa shape index (κ1) is 15.9. The summed E-state index contributed by atoms with van der Waals surface area (Å²) in [7, 11) is -2.90. The van der Waals surface area contributed by atoms with E-state index in [0.717, 1.165) is 0 Å². The van der Waals surface area contributed by atoms with Gasteiger partial charge in [-0.3, -0.25) is 0 Å². The van der Waals surface area contributed by atoms with Crippen molar-refractivity contribution < 1.29 is 12.8 Å². The highest BCUT2D eigenvalue weighted by Gasteiger charge is 2.27. The van der Waals surface area contributed by atoms with Crippen LogP contribution in [-0.4, -0.2) is 46.3 Å². The molecule has 0 bridgehead atoms. The molecule has 7 nitrogen and oxygen atoms in total. The zero-order valence-electron chi connectivity index (χ0n) is 13.3. The molecule has 0 spiro atoms. The van der Waals surface area contributed by atoms with Gasteiger partial charge in [-0.1, -0.05) is 12.1 Å². The van der Waals surface area contributed by atoms with Gasteiger partial charge in [-0.05, 0) is 36.6 Å². The molecule has 1 unspecified atom stereocenters. The fourth-order valence-electron chi connectivity index (χ4n) is 2.98. The fourth-order valence-corrected chi connectivity index (χ4v) is 4.84. The van der Waals surface area contributed by atoms with E-state index in [4.69, 9.17) is 0 Å². The van der Waals surface area contributed by atoms with Gasteiger partial charge in [-0.25, -0.2) is 12.8 Å². The second-order valence-corrected chi connectivity index (χ2v) is 8.37. The molecule has 9 heteroatoms. The Morgan fingerprint density at radius 1 is 1.20 bits per heavy atom. The lowest BCUT2D eigenvalue weighted by Crippen LogP contribution is -2.16. The Labute approximate surface area is 143 Å². The van der Waals surface area contributed by atoms with Crippen molar-refractivity contribution in [3.05, 3.63) is 42.2 Å². The highest BCUT2D eigenvalue weighted by molar-refractivity contribution is 7.91.